The van der Waals surface area contributed by atoms with E-state index in [0.717, 1.165) is 30.6 Å². The first-order valence-electron chi connectivity index (χ1n) is 8.59. The summed E-state index contributed by atoms with van der Waals surface area (Å²) in [5.41, 5.74) is 0.206. The van der Waals surface area contributed by atoms with E-state index in [0.29, 0.717) is 12.2 Å². The van der Waals surface area contributed by atoms with Crippen molar-refractivity contribution in [1.29, 1.82) is 0 Å². The highest BCUT2D eigenvalue weighted by molar-refractivity contribution is 6.09. The molecule has 1 aliphatic rings. The van der Waals surface area contributed by atoms with Gasteiger partial charge in [0.05, 0.1) is 6.61 Å². The number of carbonyl (C=O) groups excluding carboxylic acids is 2. The predicted molar refractivity (Wildman–Crippen MR) is 95.4 cm³/mol. The van der Waals surface area contributed by atoms with Gasteiger partial charge in [0, 0.05) is 0 Å². The van der Waals surface area contributed by atoms with Crippen LogP contribution >= 0.6 is 0 Å². The van der Waals surface area contributed by atoms with Gasteiger partial charge in [-0.25, -0.2) is 4.79 Å². The minimum atomic E-state index is -1.21. The molecule has 3 amide bonds. The summed E-state index contributed by atoms with van der Waals surface area (Å²) in [5, 5.41) is 5.14. The second-order valence-corrected chi connectivity index (χ2v) is 6.10. The molecule has 130 valence electrons. The zero-order valence-electron chi connectivity index (χ0n) is 14.2. The lowest BCUT2D eigenvalue weighted by molar-refractivity contribution is -0.122. The van der Waals surface area contributed by atoms with Gasteiger partial charge >= 0.3 is 6.03 Å². The van der Waals surface area contributed by atoms with E-state index in [1.54, 1.807) is 0 Å². The van der Waals surface area contributed by atoms with Crippen molar-refractivity contribution in [2.75, 3.05) is 6.61 Å². The molecule has 1 heterocycles. The van der Waals surface area contributed by atoms with Crippen LogP contribution in [0.4, 0.5) is 4.79 Å². The normalized spacial score (nSPS) is 19.4. The van der Waals surface area contributed by atoms with Gasteiger partial charge in [0.15, 0.2) is 5.54 Å². The highest BCUT2D eigenvalue weighted by atomic mass is 16.5. The molecule has 2 aromatic rings. The number of ether oxygens (including phenoxy) is 1. The van der Waals surface area contributed by atoms with Gasteiger partial charge in [-0.3, -0.25) is 10.1 Å². The van der Waals surface area contributed by atoms with Crippen molar-refractivity contribution in [3.8, 4) is 5.75 Å². The number of urea groups is 1. The summed E-state index contributed by atoms with van der Waals surface area (Å²) >= 11 is 0. The van der Waals surface area contributed by atoms with Crippen LogP contribution in [0.15, 0.2) is 54.6 Å². The van der Waals surface area contributed by atoms with Crippen molar-refractivity contribution in [1.82, 2.24) is 10.6 Å². The molecular weight excluding hydrogens is 316 g/mol. The number of amides is 3. The van der Waals surface area contributed by atoms with Crippen LogP contribution in [0.1, 0.15) is 37.3 Å². The van der Waals surface area contributed by atoms with Gasteiger partial charge in [0.1, 0.15) is 5.75 Å². The Kier molecular flexibility index (Phi) is 5.03. The van der Waals surface area contributed by atoms with Crippen molar-refractivity contribution >= 4 is 11.9 Å². The van der Waals surface area contributed by atoms with Crippen molar-refractivity contribution in [2.24, 2.45) is 0 Å². The third-order valence-electron chi connectivity index (χ3n) is 4.38. The molecule has 0 saturated carbocycles. The number of rotatable bonds is 7. The zero-order chi connectivity index (χ0) is 17.7. The van der Waals surface area contributed by atoms with Gasteiger partial charge in [-0.15, -0.1) is 0 Å². The van der Waals surface area contributed by atoms with Crippen LogP contribution in [-0.4, -0.2) is 18.5 Å². The molecule has 0 bridgehead atoms. The van der Waals surface area contributed by atoms with Crippen molar-refractivity contribution < 1.29 is 14.3 Å². The van der Waals surface area contributed by atoms with E-state index in [-0.39, 0.29) is 5.91 Å². The number of nitrogens with one attached hydrogen (secondary N) is 2. The number of unbranched alkanes of at least 4 members (excludes halogenated alkanes) is 2. The highest BCUT2D eigenvalue weighted by Crippen LogP contribution is 2.33. The molecule has 3 rings (SSSR count). The molecule has 1 fully saturated rings. The largest absolute Gasteiger partial charge is 0.494 e. The minimum absolute atomic E-state index is 0.375. The Labute approximate surface area is 147 Å². The smallest absolute Gasteiger partial charge is 0.322 e. The fraction of sp³-hybridized carbons (Fsp3) is 0.300. The Balaban J connectivity index is 1.88. The Morgan fingerprint density at radius 3 is 2.20 bits per heavy atom. The molecule has 25 heavy (non-hydrogen) atoms. The van der Waals surface area contributed by atoms with Gasteiger partial charge < -0.3 is 10.1 Å². The molecule has 1 saturated heterocycles. The van der Waals surface area contributed by atoms with E-state index < -0.39 is 11.6 Å². The van der Waals surface area contributed by atoms with E-state index in [1.807, 2.05) is 54.6 Å². The molecule has 0 aliphatic carbocycles. The van der Waals surface area contributed by atoms with Crippen LogP contribution in [-0.2, 0) is 10.3 Å². The summed E-state index contributed by atoms with van der Waals surface area (Å²) in [5.74, 6) is 0.383. The van der Waals surface area contributed by atoms with Crippen LogP contribution < -0.4 is 15.4 Å². The first-order chi connectivity index (χ1) is 12.2. The number of hydrogen-bond donors (Lipinski definition) is 2. The quantitative estimate of drug-likeness (QED) is 0.601. The lowest BCUT2D eigenvalue weighted by atomic mass is 9.83. The second-order valence-electron chi connectivity index (χ2n) is 6.10. The minimum Gasteiger partial charge on any atom is -0.494 e. The van der Waals surface area contributed by atoms with E-state index >= 15 is 0 Å². The molecule has 2 aromatic carbocycles. The summed E-state index contributed by atoms with van der Waals surface area (Å²) in [7, 11) is 0. The monoisotopic (exact) mass is 338 g/mol. The first kappa shape index (κ1) is 17.0. The standard InChI is InChI=1S/C20H22N2O3/c1-2-3-7-14-25-17-12-10-16(11-13-17)20(15-8-5-4-6-9-15)18(23)21-19(24)22-20/h4-6,8-13H,2-3,7,14H2,1H3,(H2,21,22,23,24). The summed E-state index contributed by atoms with van der Waals surface area (Å²) in [6.45, 7) is 2.83. The molecule has 5 heteroatoms. The van der Waals surface area contributed by atoms with Crippen molar-refractivity contribution in [2.45, 2.75) is 31.7 Å². The van der Waals surface area contributed by atoms with Crippen LogP contribution in [0.2, 0.25) is 0 Å². The SMILES string of the molecule is CCCCCOc1ccc(C2(c3ccccc3)NC(=O)NC2=O)cc1. The van der Waals surface area contributed by atoms with E-state index in [4.69, 9.17) is 4.74 Å². The van der Waals surface area contributed by atoms with Crippen molar-refractivity contribution in [3.63, 3.8) is 0 Å². The zero-order valence-corrected chi connectivity index (χ0v) is 14.2. The Morgan fingerprint density at radius 1 is 0.920 bits per heavy atom. The fourth-order valence-corrected chi connectivity index (χ4v) is 3.06. The number of hydrogen-bond acceptors (Lipinski definition) is 3. The molecule has 0 radical (unpaired) electrons. The molecule has 2 N–H and O–H groups in total. The van der Waals surface area contributed by atoms with Gasteiger partial charge in [-0.2, -0.15) is 0 Å². The molecule has 1 unspecified atom stereocenters. The van der Waals surface area contributed by atoms with Crippen LogP contribution in [0.3, 0.4) is 0 Å². The fourth-order valence-electron chi connectivity index (χ4n) is 3.06. The maximum absolute atomic E-state index is 12.6. The van der Waals surface area contributed by atoms with E-state index in [2.05, 4.69) is 17.6 Å². The van der Waals surface area contributed by atoms with Gasteiger partial charge in [-0.05, 0) is 29.7 Å². The van der Waals surface area contributed by atoms with Gasteiger partial charge in [0.2, 0.25) is 0 Å². The number of carbonyl (C=O) groups is 2. The lowest BCUT2D eigenvalue weighted by Crippen LogP contribution is -2.44. The lowest BCUT2D eigenvalue weighted by Gasteiger charge is -2.27. The molecule has 0 aromatic heterocycles. The summed E-state index contributed by atoms with van der Waals surface area (Å²) in [6.07, 6.45) is 3.31. The maximum atomic E-state index is 12.6. The Hall–Kier alpha value is -2.82. The molecular formula is C20H22N2O3. The number of benzene rings is 2. The molecule has 1 atom stereocenters. The molecule has 1 aliphatic heterocycles. The third-order valence-corrected chi connectivity index (χ3v) is 4.38. The van der Waals surface area contributed by atoms with Crippen LogP contribution in [0, 0.1) is 0 Å². The van der Waals surface area contributed by atoms with Crippen molar-refractivity contribution in [3.05, 3.63) is 65.7 Å². The maximum Gasteiger partial charge on any atom is 0.322 e. The number of imide groups is 1. The third kappa shape index (κ3) is 3.36. The van der Waals surface area contributed by atoms with E-state index in [9.17, 15) is 9.59 Å². The van der Waals surface area contributed by atoms with E-state index in [1.165, 1.54) is 0 Å². The first-order valence-corrected chi connectivity index (χ1v) is 8.59. The highest BCUT2D eigenvalue weighted by Gasteiger charge is 2.49. The van der Waals surface area contributed by atoms with Crippen LogP contribution in [0.25, 0.3) is 0 Å². The van der Waals surface area contributed by atoms with Gasteiger partial charge in [-0.1, -0.05) is 62.2 Å². The summed E-state index contributed by atoms with van der Waals surface area (Å²) in [6, 6.07) is 16.1. The predicted octanol–water partition coefficient (Wildman–Crippen LogP) is 3.34. The van der Waals surface area contributed by atoms with Crippen LogP contribution in [0.5, 0.6) is 5.75 Å². The molecule has 0 spiro atoms. The Bertz CT molecular complexity index is 743. The second kappa shape index (κ2) is 7.38. The molecule has 5 nitrogen and oxygen atoms in total. The average molecular weight is 338 g/mol. The Morgan fingerprint density at radius 2 is 1.60 bits per heavy atom. The van der Waals surface area contributed by atoms with Gasteiger partial charge in [0.25, 0.3) is 5.91 Å². The summed E-state index contributed by atoms with van der Waals surface area (Å²) in [4.78, 5) is 24.4. The topological polar surface area (TPSA) is 67.4 Å². The average Bonchev–Trinajstić information content (AvgIpc) is 2.95. The summed E-state index contributed by atoms with van der Waals surface area (Å²) < 4.78 is 5.72.